The average molecular weight is 293 g/mol. The van der Waals surface area contributed by atoms with Gasteiger partial charge in [-0.15, -0.1) is 0 Å². The molecule has 1 aliphatic rings. The molecular formula is C15H19NO5. The molecule has 0 aliphatic heterocycles. The molecule has 0 bridgehead atoms. The van der Waals surface area contributed by atoms with Crippen LogP contribution in [-0.4, -0.2) is 32.7 Å². The van der Waals surface area contributed by atoms with Crippen LogP contribution in [0.3, 0.4) is 0 Å². The van der Waals surface area contributed by atoms with Gasteiger partial charge in [-0.25, -0.2) is 0 Å². The topological polar surface area (TPSA) is 73.9 Å². The maximum atomic E-state index is 11.8. The quantitative estimate of drug-likeness (QED) is 0.810. The van der Waals surface area contributed by atoms with Crippen LogP contribution in [0.15, 0.2) is 18.2 Å². The SMILES string of the molecule is COc1ccc(NC(=O)COC(=O)[C@H]2C[C@@H]2C)c(OC)c1. The number of carbonyl (C=O) groups is 2. The van der Waals surface area contributed by atoms with Crippen LogP contribution in [0.1, 0.15) is 13.3 Å². The number of rotatable bonds is 6. The fourth-order valence-corrected chi connectivity index (χ4v) is 1.98. The van der Waals surface area contributed by atoms with Crippen LogP contribution in [0.4, 0.5) is 5.69 Å². The Morgan fingerprint density at radius 1 is 1.29 bits per heavy atom. The molecule has 1 aliphatic carbocycles. The van der Waals surface area contributed by atoms with Gasteiger partial charge in [-0.1, -0.05) is 6.92 Å². The van der Waals surface area contributed by atoms with Crippen molar-refractivity contribution in [2.45, 2.75) is 13.3 Å². The van der Waals surface area contributed by atoms with E-state index < -0.39 is 5.91 Å². The lowest BCUT2D eigenvalue weighted by atomic mass is 10.2. The summed E-state index contributed by atoms with van der Waals surface area (Å²) < 4.78 is 15.2. The molecular weight excluding hydrogens is 274 g/mol. The lowest BCUT2D eigenvalue weighted by molar-refractivity contribution is -0.148. The summed E-state index contributed by atoms with van der Waals surface area (Å²) in [5.74, 6) is 0.707. The third-order valence-corrected chi connectivity index (χ3v) is 3.44. The Bertz CT molecular complexity index is 543. The molecule has 1 fully saturated rings. The number of anilines is 1. The molecule has 21 heavy (non-hydrogen) atoms. The van der Waals surface area contributed by atoms with Gasteiger partial charge in [0.1, 0.15) is 11.5 Å². The summed E-state index contributed by atoms with van der Waals surface area (Å²) in [5, 5.41) is 2.64. The monoisotopic (exact) mass is 293 g/mol. The normalized spacial score (nSPS) is 19.6. The van der Waals surface area contributed by atoms with Crippen LogP contribution < -0.4 is 14.8 Å². The van der Waals surface area contributed by atoms with Gasteiger partial charge >= 0.3 is 5.97 Å². The fourth-order valence-electron chi connectivity index (χ4n) is 1.98. The van der Waals surface area contributed by atoms with Crippen molar-refractivity contribution in [3.05, 3.63) is 18.2 Å². The Morgan fingerprint density at radius 3 is 2.57 bits per heavy atom. The summed E-state index contributed by atoms with van der Waals surface area (Å²) in [4.78, 5) is 23.3. The van der Waals surface area contributed by atoms with Crippen molar-refractivity contribution in [1.29, 1.82) is 0 Å². The highest BCUT2D eigenvalue weighted by atomic mass is 16.5. The predicted octanol–water partition coefficient (Wildman–Crippen LogP) is 1.84. The van der Waals surface area contributed by atoms with E-state index in [0.717, 1.165) is 6.42 Å². The van der Waals surface area contributed by atoms with Crippen molar-refractivity contribution in [2.24, 2.45) is 11.8 Å². The van der Waals surface area contributed by atoms with Crippen molar-refractivity contribution in [3.63, 3.8) is 0 Å². The average Bonchev–Trinajstić information content (AvgIpc) is 3.22. The summed E-state index contributed by atoms with van der Waals surface area (Å²) >= 11 is 0. The van der Waals surface area contributed by atoms with Crippen molar-refractivity contribution in [3.8, 4) is 11.5 Å². The van der Waals surface area contributed by atoms with Gasteiger partial charge in [-0.3, -0.25) is 9.59 Å². The summed E-state index contributed by atoms with van der Waals surface area (Å²) in [6.45, 7) is 1.69. The van der Waals surface area contributed by atoms with Gasteiger partial charge in [0.2, 0.25) is 0 Å². The molecule has 0 aromatic heterocycles. The van der Waals surface area contributed by atoms with E-state index in [1.807, 2.05) is 6.92 Å². The number of carbonyl (C=O) groups excluding carboxylic acids is 2. The first-order chi connectivity index (χ1) is 10.0. The van der Waals surface area contributed by atoms with Crippen molar-refractivity contribution < 1.29 is 23.8 Å². The van der Waals surface area contributed by atoms with E-state index in [9.17, 15) is 9.59 Å². The molecule has 0 unspecified atom stereocenters. The molecule has 1 saturated carbocycles. The smallest absolute Gasteiger partial charge is 0.309 e. The van der Waals surface area contributed by atoms with Gasteiger partial charge in [0.25, 0.3) is 5.91 Å². The van der Waals surface area contributed by atoms with Crippen molar-refractivity contribution >= 4 is 17.6 Å². The molecule has 114 valence electrons. The first-order valence-corrected chi connectivity index (χ1v) is 6.73. The summed E-state index contributed by atoms with van der Waals surface area (Å²) in [7, 11) is 3.05. The van der Waals surface area contributed by atoms with E-state index in [-0.39, 0.29) is 18.5 Å². The minimum atomic E-state index is -0.403. The molecule has 0 radical (unpaired) electrons. The minimum absolute atomic E-state index is 0.0478. The van der Waals surface area contributed by atoms with Gasteiger partial charge in [0, 0.05) is 6.07 Å². The molecule has 1 amide bonds. The third kappa shape index (κ3) is 3.87. The highest BCUT2D eigenvalue weighted by molar-refractivity contribution is 5.94. The van der Waals surface area contributed by atoms with Gasteiger partial charge in [0.15, 0.2) is 6.61 Å². The zero-order valence-corrected chi connectivity index (χ0v) is 12.3. The molecule has 0 saturated heterocycles. The second kappa shape index (κ2) is 6.47. The van der Waals surface area contributed by atoms with E-state index in [2.05, 4.69) is 5.32 Å². The minimum Gasteiger partial charge on any atom is -0.497 e. The molecule has 1 aromatic rings. The van der Waals surface area contributed by atoms with E-state index in [0.29, 0.717) is 23.1 Å². The predicted molar refractivity (Wildman–Crippen MR) is 76.4 cm³/mol. The van der Waals surface area contributed by atoms with E-state index in [4.69, 9.17) is 14.2 Å². The number of methoxy groups -OCH3 is 2. The first-order valence-electron chi connectivity index (χ1n) is 6.73. The zero-order valence-electron chi connectivity index (χ0n) is 12.3. The van der Waals surface area contributed by atoms with Crippen LogP contribution in [0.2, 0.25) is 0 Å². The van der Waals surface area contributed by atoms with E-state index >= 15 is 0 Å². The Hall–Kier alpha value is -2.24. The van der Waals surface area contributed by atoms with Gasteiger partial charge < -0.3 is 19.5 Å². The molecule has 2 atom stereocenters. The second-order valence-electron chi connectivity index (χ2n) is 5.04. The van der Waals surface area contributed by atoms with Crippen LogP contribution in [0.5, 0.6) is 11.5 Å². The lowest BCUT2D eigenvalue weighted by Gasteiger charge is -2.11. The van der Waals surface area contributed by atoms with Crippen LogP contribution >= 0.6 is 0 Å². The maximum absolute atomic E-state index is 11.8. The third-order valence-electron chi connectivity index (χ3n) is 3.44. The Labute approximate surface area is 123 Å². The molecule has 0 heterocycles. The Balaban J connectivity index is 1.88. The van der Waals surface area contributed by atoms with Gasteiger partial charge in [0.05, 0.1) is 25.8 Å². The largest absolute Gasteiger partial charge is 0.497 e. The molecule has 2 rings (SSSR count). The number of benzene rings is 1. The number of hydrogen-bond donors (Lipinski definition) is 1. The van der Waals surface area contributed by atoms with E-state index in [1.165, 1.54) is 7.11 Å². The number of nitrogens with one attached hydrogen (secondary N) is 1. The van der Waals surface area contributed by atoms with Gasteiger partial charge in [-0.2, -0.15) is 0 Å². The highest BCUT2D eigenvalue weighted by Crippen LogP contribution is 2.38. The van der Waals surface area contributed by atoms with Crippen LogP contribution in [-0.2, 0) is 14.3 Å². The fraction of sp³-hybridized carbons (Fsp3) is 0.467. The highest BCUT2D eigenvalue weighted by Gasteiger charge is 2.40. The zero-order chi connectivity index (χ0) is 15.4. The number of esters is 1. The molecule has 0 spiro atoms. The molecule has 6 heteroatoms. The first kappa shape index (κ1) is 15.2. The van der Waals surface area contributed by atoms with Crippen LogP contribution in [0.25, 0.3) is 0 Å². The second-order valence-corrected chi connectivity index (χ2v) is 5.04. The van der Waals surface area contributed by atoms with Crippen LogP contribution in [0, 0.1) is 11.8 Å². The van der Waals surface area contributed by atoms with E-state index in [1.54, 1.807) is 25.3 Å². The lowest BCUT2D eigenvalue weighted by Crippen LogP contribution is -2.22. The standard InChI is InChI=1S/C15H19NO5/c1-9-6-11(9)15(18)21-8-14(17)16-12-5-4-10(19-2)7-13(12)20-3/h4-5,7,9,11H,6,8H2,1-3H3,(H,16,17)/t9-,11-/m0/s1. The summed E-state index contributed by atoms with van der Waals surface area (Å²) in [6.07, 6.45) is 0.840. The van der Waals surface area contributed by atoms with Crippen molar-refractivity contribution in [1.82, 2.24) is 0 Å². The summed E-state index contributed by atoms with van der Waals surface area (Å²) in [5.41, 5.74) is 0.499. The number of ether oxygens (including phenoxy) is 3. The maximum Gasteiger partial charge on any atom is 0.309 e. The molecule has 1 aromatic carbocycles. The Kier molecular flexibility index (Phi) is 4.67. The summed E-state index contributed by atoms with van der Waals surface area (Å²) in [6, 6.07) is 5.03. The van der Waals surface area contributed by atoms with Gasteiger partial charge in [-0.05, 0) is 24.5 Å². The van der Waals surface area contributed by atoms with Crippen molar-refractivity contribution in [2.75, 3.05) is 26.1 Å². The number of hydrogen-bond acceptors (Lipinski definition) is 5. The number of amides is 1. The Morgan fingerprint density at radius 2 is 2.00 bits per heavy atom. The molecule has 6 nitrogen and oxygen atoms in total. The molecule has 1 N–H and O–H groups in total.